The van der Waals surface area contributed by atoms with Gasteiger partial charge in [-0.2, -0.15) is 4.98 Å². The number of amides is 2. The Labute approximate surface area is 140 Å². The SMILES string of the molecule is C=CCNC(=O)Nc1ccc(NC(C)c2nc(C3CC3)no2)cc1. The highest BCUT2D eigenvalue weighted by Crippen LogP contribution is 2.38. The van der Waals surface area contributed by atoms with Crippen LogP contribution < -0.4 is 16.0 Å². The van der Waals surface area contributed by atoms with Gasteiger partial charge in [-0.3, -0.25) is 0 Å². The van der Waals surface area contributed by atoms with Crippen LogP contribution in [0.25, 0.3) is 0 Å². The standard InChI is InChI=1S/C17H21N5O2/c1-3-10-18-17(23)20-14-8-6-13(7-9-14)19-11(2)16-21-15(22-24-16)12-4-5-12/h3,6-9,11-12,19H,1,4-5,10H2,2H3,(H2,18,20,23). The van der Waals surface area contributed by atoms with Gasteiger partial charge in [-0.05, 0) is 44.0 Å². The second kappa shape index (κ2) is 7.16. The first-order chi connectivity index (χ1) is 11.7. The van der Waals surface area contributed by atoms with Crippen LogP contribution in [0.1, 0.15) is 43.4 Å². The number of nitrogens with one attached hydrogen (secondary N) is 3. The van der Waals surface area contributed by atoms with Gasteiger partial charge in [0.05, 0.1) is 0 Å². The minimum Gasteiger partial charge on any atom is -0.374 e. The molecule has 1 atom stereocenters. The number of urea groups is 1. The minimum atomic E-state index is -0.262. The van der Waals surface area contributed by atoms with Crippen LogP contribution in [-0.2, 0) is 0 Å². The predicted molar refractivity (Wildman–Crippen MR) is 92.0 cm³/mol. The van der Waals surface area contributed by atoms with Crippen molar-refractivity contribution in [1.29, 1.82) is 0 Å². The Morgan fingerprint density at radius 1 is 1.38 bits per heavy atom. The number of aromatic nitrogens is 2. The topological polar surface area (TPSA) is 92.1 Å². The first-order valence-corrected chi connectivity index (χ1v) is 8.01. The third-order valence-electron chi connectivity index (χ3n) is 3.70. The van der Waals surface area contributed by atoms with Crippen molar-refractivity contribution < 1.29 is 9.32 Å². The van der Waals surface area contributed by atoms with Crippen molar-refractivity contribution in [3.8, 4) is 0 Å². The molecule has 0 saturated heterocycles. The van der Waals surface area contributed by atoms with Crippen LogP contribution in [0.2, 0.25) is 0 Å². The number of hydrogen-bond acceptors (Lipinski definition) is 5. The molecule has 3 rings (SSSR count). The molecule has 7 heteroatoms. The number of carbonyl (C=O) groups excluding carboxylic acids is 1. The van der Waals surface area contributed by atoms with E-state index in [1.165, 1.54) is 0 Å². The van der Waals surface area contributed by atoms with Gasteiger partial charge in [-0.25, -0.2) is 4.79 Å². The van der Waals surface area contributed by atoms with E-state index in [1.807, 2.05) is 31.2 Å². The summed E-state index contributed by atoms with van der Waals surface area (Å²) in [5, 5.41) is 12.7. The molecule has 1 aliphatic carbocycles. The summed E-state index contributed by atoms with van der Waals surface area (Å²) in [4.78, 5) is 16.0. The van der Waals surface area contributed by atoms with Crippen LogP contribution in [0.15, 0.2) is 41.4 Å². The van der Waals surface area contributed by atoms with E-state index < -0.39 is 0 Å². The van der Waals surface area contributed by atoms with Crippen molar-refractivity contribution in [2.24, 2.45) is 0 Å². The van der Waals surface area contributed by atoms with Crippen molar-refractivity contribution in [2.45, 2.75) is 31.7 Å². The van der Waals surface area contributed by atoms with Crippen LogP contribution in [0, 0.1) is 0 Å². The molecule has 0 spiro atoms. The number of hydrogen-bond donors (Lipinski definition) is 3. The summed E-state index contributed by atoms with van der Waals surface area (Å²) in [6, 6.07) is 7.08. The van der Waals surface area contributed by atoms with E-state index in [1.54, 1.807) is 6.08 Å². The largest absolute Gasteiger partial charge is 0.374 e. The minimum absolute atomic E-state index is 0.0836. The molecule has 7 nitrogen and oxygen atoms in total. The lowest BCUT2D eigenvalue weighted by molar-refractivity contribution is 0.253. The Morgan fingerprint density at radius 3 is 2.75 bits per heavy atom. The van der Waals surface area contributed by atoms with Crippen LogP contribution >= 0.6 is 0 Å². The summed E-state index contributed by atoms with van der Waals surface area (Å²) < 4.78 is 5.32. The van der Waals surface area contributed by atoms with Crippen molar-refractivity contribution in [3.05, 3.63) is 48.6 Å². The monoisotopic (exact) mass is 327 g/mol. The van der Waals surface area contributed by atoms with E-state index >= 15 is 0 Å². The Bertz CT molecular complexity index is 706. The van der Waals surface area contributed by atoms with Gasteiger partial charge in [-0.1, -0.05) is 11.2 Å². The number of nitrogens with zero attached hydrogens (tertiary/aromatic N) is 2. The molecule has 1 heterocycles. The smallest absolute Gasteiger partial charge is 0.319 e. The molecular formula is C17H21N5O2. The van der Waals surface area contributed by atoms with E-state index in [0.717, 1.165) is 24.4 Å². The molecule has 0 radical (unpaired) electrons. The van der Waals surface area contributed by atoms with Crippen LogP contribution in [0.4, 0.5) is 16.2 Å². The first-order valence-electron chi connectivity index (χ1n) is 8.01. The van der Waals surface area contributed by atoms with E-state index in [0.29, 0.717) is 24.0 Å². The lowest BCUT2D eigenvalue weighted by Gasteiger charge is -2.12. The molecule has 1 aromatic carbocycles. The number of benzene rings is 1. The molecular weight excluding hydrogens is 306 g/mol. The van der Waals surface area contributed by atoms with Crippen LogP contribution in [0.3, 0.4) is 0 Å². The van der Waals surface area contributed by atoms with E-state index in [2.05, 4.69) is 32.7 Å². The predicted octanol–water partition coefficient (Wildman–Crippen LogP) is 3.43. The Morgan fingerprint density at radius 2 is 2.08 bits per heavy atom. The molecule has 1 saturated carbocycles. The van der Waals surface area contributed by atoms with Crippen LogP contribution in [0.5, 0.6) is 0 Å². The molecule has 3 N–H and O–H groups in total. The maximum absolute atomic E-state index is 11.6. The summed E-state index contributed by atoms with van der Waals surface area (Å²) >= 11 is 0. The second-order valence-corrected chi connectivity index (χ2v) is 5.83. The summed E-state index contributed by atoms with van der Waals surface area (Å²) in [7, 11) is 0. The van der Waals surface area contributed by atoms with Gasteiger partial charge in [0.1, 0.15) is 6.04 Å². The second-order valence-electron chi connectivity index (χ2n) is 5.83. The zero-order valence-electron chi connectivity index (χ0n) is 13.6. The van der Waals surface area contributed by atoms with Gasteiger partial charge in [0, 0.05) is 23.8 Å². The van der Waals surface area contributed by atoms with Gasteiger partial charge in [0.15, 0.2) is 5.82 Å². The summed E-state index contributed by atoms with van der Waals surface area (Å²) in [6.45, 7) is 5.95. The normalized spacial score (nSPS) is 14.7. The third-order valence-corrected chi connectivity index (χ3v) is 3.70. The number of rotatable bonds is 7. The lowest BCUT2D eigenvalue weighted by atomic mass is 10.2. The third kappa shape index (κ3) is 4.13. The fourth-order valence-electron chi connectivity index (χ4n) is 2.23. The van der Waals surface area contributed by atoms with Gasteiger partial charge in [-0.15, -0.1) is 6.58 Å². The zero-order valence-corrected chi connectivity index (χ0v) is 13.6. The average molecular weight is 327 g/mol. The number of anilines is 2. The fraction of sp³-hybridized carbons (Fsp3) is 0.353. The zero-order chi connectivity index (χ0) is 16.9. The Kier molecular flexibility index (Phi) is 4.79. The van der Waals surface area contributed by atoms with Gasteiger partial charge < -0.3 is 20.5 Å². The van der Waals surface area contributed by atoms with Gasteiger partial charge in [0.2, 0.25) is 5.89 Å². The fourth-order valence-corrected chi connectivity index (χ4v) is 2.23. The highest BCUT2D eigenvalue weighted by Gasteiger charge is 2.29. The van der Waals surface area contributed by atoms with E-state index in [9.17, 15) is 4.79 Å². The van der Waals surface area contributed by atoms with Crippen LogP contribution in [-0.4, -0.2) is 22.7 Å². The molecule has 1 fully saturated rings. The molecule has 1 aliphatic rings. The molecule has 0 aliphatic heterocycles. The van der Waals surface area contributed by atoms with Crippen molar-refractivity contribution >= 4 is 17.4 Å². The Hall–Kier alpha value is -2.83. The lowest BCUT2D eigenvalue weighted by Crippen LogP contribution is -2.28. The average Bonchev–Trinajstić information content (AvgIpc) is 3.31. The quantitative estimate of drug-likeness (QED) is 0.678. The maximum atomic E-state index is 11.6. The summed E-state index contributed by atoms with van der Waals surface area (Å²) in [5.74, 6) is 1.87. The molecule has 1 aromatic heterocycles. The summed E-state index contributed by atoms with van der Waals surface area (Å²) in [5.41, 5.74) is 1.62. The Balaban J connectivity index is 1.54. The number of carbonyl (C=O) groups is 1. The molecule has 2 amide bonds. The highest BCUT2D eigenvalue weighted by molar-refractivity contribution is 5.89. The molecule has 1 unspecified atom stereocenters. The maximum Gasteiger partial charge on any atom is 0.319 e. The van der Waals surface area contributed by atoms with Crippen molar-refractivity contribution in [3.63, 3.8) is 0 Å². The molecule has 0 bridgehead atoms. The first kappa shape index (κ1) is 16.0. The molecule has 24 heavy (non-hydrogen) atoms. The molecule has 2 aromatic rings. The summed E-state index contributed by atoms with van der Waals surface area (Å²) in [6.07, 6.45) is 3.92. The highest BCUT2D eigenvalue weighted by atomic mass is 16.5. The van der Waals surface area contributed by atoms with Crippen molar-refractivity contribution in [1.82, 2.24) is 15.5 Å². The molecule has 126 valence electrons. The van der Waals surface area contributed by atoms with E-state index in [4.69, 9.17) is 4.52 Å². The van der Waals surface area contributed by atoms with Gasteiger partial charge >= 0.3 is 6.03 Å². The van der Waals surface area contributed by atoms with E-state index in [-0.39, 0.29) is 12.1 Å². The van der Waals surface area contributed by atoms with Gasteiger partial charge in [0.25, 0.3) is 0 Å². The van der Waals surface area contributed by atoms with Crippen molar-refractivity contribution in [2.75, 3.05) is 17.2 Å².